The van der Waals surface area contributed by atoms with Gasteiger partial charge in [0.15, 0.2) is 11.5 Å². The fourth-order valence-electron chi connectivity index (χ4n) is 5.54. The highest BCUT2D eigenvalue weighted by Crippen LogP contribution is 2.40. The van der Waals surface area contributed by atoms with Gasteiger partial charge in [-0.05, 0) is 75.3 Å². The van der Waals surface area contributed by atoms with Crippen LogP contribution in [-0.2, 0) is 15.3 Å². The number of unbranched alkanes of at least 4 members (excludes halogenated alkanes) is 2. The second kappa shape index (κ2) is 14.8. The molecule has 1 unspecified atom stereocenters. The minimum Gasteiger partial charge on any atom is -0.490 e. The van der Waals surface area contributed by atoms with Gasteiger partial charge < -0.3 is 19.5 Å². The van der Waals surface area contributed by atoms with Gasteiger partial charge >= 0.3 is 5.97 Å². The Hall–Kier alpha value is -3.53. The lowest BCUT2D eigenvalue weighted by atomic mass is 9.94. The quantitative estimate of drug-likeness (QED) is 0.119. The van der Waals surface area contributed by atoms with Crippen LogP contribution in [0.1, 0.15) is 89.3 Å². The molecule has 0 spiro atoms. The molecule has 1 saturated carbocycles. The fraction of sp³-hybridized carbons (Fsp3) is 0.485. The van der Waals surface area contributed by atoms with Gasteiger partial charge in [0.2, 0.25) is 11.1 Å². The molecule has 10 heteroatoms. The second-order valence-corrected chi connectivity index (χ2v) is 11.9. The maximum absolute atomic E-state index is 14.3. The summed E-state index contributed by atoms with van der Waals surface area (Å²) >= 11 is 1.34. The van der Waals surface area contributed by atoms with Crippen molar-refractivity contribution >= 4 is 23.7 Å². The Kier molecular flexibility index (Phi) is 10.6. The number of halogens is 1. The van der Waals surface area contributed by atoms with E-state index in [4.69, 9.17) is 24.3 Å². The Balaban J connectivity index is 1.48. The van der Waals surface area contributed by atoms with Crippen LogP contribution in [0.5, 0.6) is 11.5 Å². The molecule has 5 rings (SSSR count). The van der Waals surface area contributed by atoms with Crippen molar-refractivity contribution in [2.75, 3.05) is 18.5 Å². The summed E-state index contributed by atoms with van der Waals surface area (Å²) in [6.07, 6.45) is 8.12. The summed E-state index contributed by atoms with van der Waals surface area (Å²) in [5.74, 6) is 1.54. The summed E-state index contributed by atoms with van der Waals surface area (Å²) in [4.78, 5) is 18.5. The smallest absolute Gasteiger partial charge is 0.338 e. The predicted octanol–water partition coefficient (Wildman–Crippen LogP) is 7.84. The van der Waals surface area contributed by atoms with E-state index in [9.17, 15) is 9.18 Å². The van der Waals surface area contributed by atoms with E-state index < -0.39 is 6.04 Å². The molecular formula is C33H41FN4O4S. The average Bonchev–Trinajstić information content (AvgIpc) is 3.41. The van der Waals surface area contributed by atoms with E-state index in [0.29, 0.717) is 58.4 Å². The molecule has 230 valence electrons. The minimum absolute atomic E-state index is 0.0934. The van der Waals surface area contributed by atoms with E-state index in [1.54, 1.807) is 16.8 Å². The first kappa shape index (κ1) is 30.9. The Morgan fingerprint density at radius 3 is 2.65 bits per heavy atom. The van der Waals surface area contributed by atoms with Crippen molar-refractivity contribution in [3.8, 4) is 11.5 Å². The van der Waals surface area contributed by atoms with Gasteiger partial charge in [-0.25, -0.2) is 13.9 Å². The number of allylic oxidation sites excluding steroid dienone is 1. The van der Waals surface area contributed by atoms with Gasteiger partial charge in [-0.1, -0.05) is 62.2 Å². The van der Waals surface area contributed by atoms with Crippen molar-refractivity contribution in [3.63, 3.8) is 0 Å². The van der Waals surface area contributed by atoms with Crippen LogP contribution in [0.25, 0.3) is 0 Å². The number of fused-ring (bicyclic) bond motifs is 1. The van der Waals surface area contributed by atoms with Gasteiger partial charge in [0, 0.05) is 11.4 Å². The average molecular weight is 609 g/mol. The molecule has 1 atom stereocenters. The largest absolute Gasteiger partial charge is 0.490 e. The molecule has 1 aliphatic heterocycles. The molecule has 3 aromatic rings. The number of anilines is 1. The standard InChI is InChI=1S/C33H41FN4O4S/c1-4-6-12-19-41-27-18-17-23(20-28(27)40-5-2)30-29(31(39)42-25-14-8-7-9-15-25)22(3)35-32-36-33(37-38(30)32)43-21-24-13-10-11-16-26(24)34/h10-11,13,16-18,20,25,30H,4-9,12,14-15,19,21H2,1-3H3,(H,35,36,37). The van der Waals surface area contributed by atoms with Gasteiger partial charge in [0.1, 0.15) is 18.0 Å². The Morgan fingerprint density at radius 1 is 1.07 bits per heavy atom. The SMILES string of the molecule is CCCCCOc1ccc(C2C(C(=O)OC3CCCCC3)=C(C)Nc3nc(SCc4ccccc4F)nn32)cc1OCC. The summed E-state index contributed by atoms with van der Waals surface area (Å²) in [6.45, 7) is 7.04. The molecule has 0 saturated heterocycles. The third-order valence-corrected chi connectivity index (χ3v) is 8.67. The molecule has 8 nitrogen and oxygen atoms in total. The molecule has 2 aromatic carbocycles. The van der Waals surface area contributed by atoms with Crippen LogP contribution in [-0.4, -0.2) is 40.1 Å². The first-order valence-corrected chi connectivity index (χ1v) is 16.4. The summed E-state index contributed by atoms with van der Waals surface area (Å²) in [7, 11) is 0. The normalized spacial score (nSPS) is 16.9. The van der Waals surface area contributed by atoms with E-state index in [1.165, 1.54) is 24.2 Å². The number of carbonyl (C=O) groups excluding carboxylic acids is 1. The molecule has 0 amide bonds. The van der Waals surface area contributed by atoms with Crippen molar-refractivity contribution in [1.29, 1.82) is 0 Å². The lowest BCUT2D eigenvalue weighted by Gasteiger charge is -2.30. The molecule has 1 aliphatic carbocycles. The second-order valence-electron chi connectivity index (χ2n) is 11.0. The third-order valence-electron chi connectivity index (χ3n) is 7.78. The number of aromatic nitrogens is 3. The molecule has 0 radical (unpaired) electrons. The highest BCUT2D eigenvalue weighted by atomic mass is 32.2. The fourth-order valence-corrected chi connectivity index (χ4v) is 6.35. The monoisotopic (exact) mass is 608 g/mol. The van der Waals surface area contributed by atoms with E-state index >= 15 is 0 Å². The summed E-state index contributed by atoms with van der Waals surface area (Å²) in [5, 5.41) is 8.56. The van der Waals surface area contributed by atoms with Crippen molar-refractivity contribution < 1.29 is 23.4 Å². The van der Waals surface area contributed by atoms with Crippen LogP contribution >= 0.6 is 11.8 Å². The topological polar surface area (TPSA) is 87.5 Å². The van der Waals surface area contributed by atoms with Crippen molar-refractivity contribution in [1.82, 2.24) is 14.8 Å². The Bertz CT molecular complexity index is 1440. The highest BCUT2D eigenvalue weighted by Gasteiger charge is 2.37. The van der Waals surface area contributed by atoms with Crippen molar-refractivity contribution in [2.45, 2.75) is 95.2 Å². The number of hydrogen-bond donors (Lipinski definition) is 1. The van der Waals surface area contributed by atoms with Gasteiger partial charge in [-0.2, -0.15) is 4.98 Å². The highest BCUT2D eigenvalue weighted by molar-refractivity contribution is 7.98. The zero-order chi connectivity index (χ0) is 30.2. The molecule has 2 aliphatic rings. The molecule has 43 heavy (non-hydrogen) atoms. The zero-order valence-corrected chi connectivity index (χ0v) is 26.1. The number of nitrogens with one attached hydrogen (secondary N) is 1. The first-order chi connectivity index (χ1) is 21.0. The van der Waals surface area contributed by atoms with E-state index in [0.717, 1.165) is 50.5 Å². The number of benzene rings is 2. The van der Waals surface area contributed by atoms with E-state index in [2.05, 4.69) is 12.2 Å². The van der Waals surface area contributed by atoms with Crippen LogP contribution in [0, 0.1) is 5.82 Å². The minimum atomic E-state index is -0.601. The number of esters is 1. The predicted molar refractivity (Wildman–Crippen MR) is 166 cm³/mol. The van der Waals surface area contributed by atoms with Crippen LogP contribution in [0.15, 0.2) is 58.9 Å². The van der Waals surface area contributed by atoms with Gasteiger partial charge in [-0.15, -0.1) is 5.10 Å². The van der Waals surface area contributed by atoms with Gasteiger partial charge in [0.25, 0.3) is 0 Å². The number of hydrogen-bond acceptors (Lipinski definition) is 8. The Morgan fingerprint density at radius 2 is 1.88 bits per heavy atom. The van der Waals surface area contributed by atoms with E-state index in [-0.39, 0.29) is 17.9 Å². The first-order valence-electron chi connectivity index (χ1n) is 15.4. The number of thioether (sulfide) groups is 1. The summed E-state index contributed by atoms with van der Waals surface area (Å²) in [6, 6.07) is 11.9. The molecule has 0 bridgehead atoms. The van der Waals surface area contributed by atoms with Crippen LogP contribution < -0.4 is 14.8 Å². The van der Waals surface area contributed by atoms with Crippen LogP contribution in [0.2, 0.25) is 0 Å². The molecule has 1 aromatic heterocycles. The maximum atomic E-state index is 14.3. The number of nitrogens with zero attached hydrogens (tertiary/aromatic N) is 3. The zero-order valence-electron chi connectivity index (χ0n) is 25.2. The third kappa shape index (κ3) is 7.52. The number of ether oxygens (including phenoxy) is 3. The lowest BCUT2D eigenvalue weighted by molar-refractivity contribution is -0.146. The van der Waals surface area contributed by atoms with Crippen molar-refractivity contribution in [2.24, 2.45) is 0 Å². The molecule has 1 N–H and O–H groups in total. The van der Waals surface area contributed by atoms with Crippen molar-refractivity contribution in [3.05, 3.63) is 70.7 Å². The summed E-state index contributed by atoms with van der Waals surface area (Å²) < 4.78 is 34.2. The summed E-state index contributed by atoms with van der Waals surface area (Å²) in [5.41, 5.74) is 2.52. The number of carbonyl (C=O) groups is 1. The van der Waals surface area contributed by atoms with Crippen LogP contribution in [0.4, 0.5) is 10.3 Å². The van der Waals surface area contributed by atoms with Crippen LogP contribution in [0.3, 0.4) is 0 Å². The molecular weight excluding hydrogens is 567 g/mol. The molecule has 2 heterocycles. The Labute approximate surface area is 257 Å². The maximum Gasteiger partial charge on any atom is 0.338 e. The van der Waals surface area contributed by atoms with E-state index in [1.807, 2.05) is 38.1 Å². The molecule has 1 fully saturated rings. The number of rotatable bonds is 13. The van der Waals surface area contributed by atoms with Gasteiger partial charge in [0.05, 0.1) is 18.8 Å². The lowest BCUT2D eigenvalue weighted by Crippen LogP contribution is -2.32. The van der Waals surface area contributed by atoms with Gasteiger partial charge in [-0.3, -0.25) is 0 Å².